The van der Waals surface area contributed by atoms with Crippen molar-refractivity contribution in [3.8, 4) is 0 Å². The van der Waals surface area contributed by atoms with Gasteiger partial charge in [-0.3, -0.25) is 19.4 Å². The highest BCUT2D eigenvalue weighted by Crippen LogP contribution is 2.69. The number of benzene rings is 1. The van der Waals surface area contributed by atoms with Crippen LogP contribution in [0, 0.1) is 46.3 Å². The Hall–Kier alpha value is -2.91. The molecule has 0 bridgehead atoms. The number of esters is 3. The van der Waals surface area contributed by atoms with Gasteiger partial charge < -0.3 is 24.8 Å². The van der Waals surface area contributed by atoms with Crippen LogP contribution in [0.15, 0.2) is 30.5 Å². The van der Waals surface area contributed by atoms with Crippen molar-refractivity contribution in [3.63, 3.8) is 0 Å². The Balaban J connectivity index is 1.17. The molecule has 6 rings (SSSR count). The topological polar surface area (TPSA) is 116 Å². The molecular weight excluding hydrogens is 654 g/mol. The Kier molecular flexibility index (Phi) is 11.0. The number of fused-ring (bicyclic) bond motifs is 6. The molecule has 10 heteroatoms. The van der Waals surface area contributed by atoms with Crippen LogP contribution in [-0.4, -0.2) is 61.3 Å². The van der Waals surface area contributed by atoms with Gasteiger partial charge >= 0.3 is 17.9 Å². The number of nitrogens with zero attached hydrogens (tertiary/aromatic N) is 1. The molecule has 0 radical (unpaired) electrons. The van der Waals surface area contributed by atoms with Gasteiger partial charge in [-0.1, -0.05) is 32.4 Å². The van der Waals surface area contributed by atoms with Crippen LogP contribution in [0.5, 0.6) is 0 Å². The minimum absolute atomic E-state index is 0.0588. The lowest BCUT2D eigenvalue weighted by molar-refractivity contribution is -0.220. The number of hydrogen-bond acceptors (Lipinski definition) is 9. The summed E-state index contributed by atoms with van der Waals surface area (Å²) < 4.78 is 17.6. The zero-order chi connectivity index (χ0) is 35.8. The molecule has 4 saturated carbocycles. The molecule has 0 amide bonds. The van der Waals surface area contributed by atoms with E-state index in [1.165, 1.54) is 21.0 Å². The normalized spacial score (nSPS) is 35.3. The van der Waals surface area contributed by atoms with Crippen LogP contribution in [0.3, 0.4) is 0 Å². The summed E-state index contributed by atoms with van der Waals surface area (Å²) >= 11 is 6.18. The maximum Gasteiger partial charge on any atom is 0.305 e. The van der Waals surface area contributed by atoms with Crippen LogP contribution in [0.4, 0.5) is 5.69 Å². The predicted octanol–water partition coefficient (Wildman–Crippen LogP) is 7.59. The first-order valence-electron chi connectivity index (χ1n) is 18.8. The molecule has 1 unspecified atom stereocenters. The van der Waals surface area contributed by atoms with Crippen molar-refractivity contribution < 1.29 is 28.6 Å². The van der Waals surface area contributed by atoms with Crippen LogP contribution < -0.4 is 10.6 Å². The Bertz CT molecular complexity index is 1570. The molecule has 0 saturated heterocycles. The molecule has 1 aromatic carbocycles. The minimum Gasteiger partial charge on any atom is -0.469 e. The molecule has 0 aliphatic heterocycles. The van der Waals surface area contributed by atoms with E-state index in [1.807, 2.05) is 30.5 Å². The van der Waals surface area contributed by atoms with Gasteiger partial charge in [-0.25, -0.2) is 0 Å². The van der Waals surface area contributed by atoms with Gasteiger partial charge in [0.1, 0.15) is 12.2 Å². The van der Waals surface area contributed by atoms with Gasteiger partial charge in [-0.2, -0.15) is 0 Å². The molecule has 9 nitrogen and oxygen atoms in total. The van der Waals surface area contributed by atoms with Crippen molar-refractivity contribution in [2.45, 2.75) is 111 Å². The molecule has 1 heterocycles. The van der Waals surface area contributed by atoms with Crippen LogP contribution in [0.1, 0.15) is 92.4 Å². The van der Waals surface area contributed by atoms with E-state index in [0.717, 1.165) is 81.0 Å². The second-order valence-electron chi connectivity index (χ2n) is 16.2. The van der Waals surface area contributed by atoms with Gasteiger partial charge in [0.05, 0.1) is 12.6 Å². The van der Waals surface area contributed by atoms with Gasteiger partial charge in [0.25, 0.3) is 0 Å². The summed E-state index contributed by atoms with van der Waals surface area (Å²) in [6, 6.07) is 8.17. The number of carbonyl (C=O) groups is 3. The van der Waals surface area contributed by atoms with Crippen LogP contribution in [-0.2, 0) is 28.6 Å². The van der Waals surface area contributed by atoms with E-state index in [9.17, 15) is 14.4 Å². The fourth-order valence-corrected chi connectivity index (χ4v) is 11.6. The lowest BCUT2D eigenvalue weighted by Gasteiger charge is -2.64. The molecule has 2 aromatic rings. The molecule has 4 aliphatic carbocycles. The minimum atomic E-state index is -0.262. The number of ether oxygens (including phenoxy) is 3. The molecule has 0 spiro atoms. The average molecular weight is 710 g/mol. The Morgan fingerprint density at radius 3 is 2.52 bits per heavy atom. The van der Waals surface area contributed by atoms with E-state index >= 15 is 0 Å². The Morgan fingerprint density at radius 1 is 1.00 bits per heavy atom. The second kappa shape index (κ2) is 15.0. The lowest BCUT2D eigenvalue weighted by Crippen LogP contribution is -2.64. The quantitative estimate of drug-likeness (QED) is 0.138. The van der Waals surface area contributed by atoms with E-state index in [4.69, 9.17) is 25.8 Å². The molecule has 4 aliphatic rings. The zero-order valence-corrected chi connectivity index (χ0v) is 31.4. The van der Waals surface area contributed by atoms with Gasteiger partial charge in [-0.15, -0.1) is 0 Å². The summed E-state index contributed by atoms with van der Waals surface area (Å²) in [6.07, 6.45) is 9.44. The third kappa shape index (κ3) is 7.10. The van der Waals surface area contributed by atoms with Crippen LogP contribution in [0.2, 0.25) is 5.02 Å². The summed E-state index contributed by atoms with van der Waals surface area (Å²) in [5.74, 6) is 1.08. The number of anilines is 1. The zero-order valence-electron chi connectivity index (χ0n) is 30.6. The third-order valence-corrected chi connectivity index (χ3v) is 14.0. The van der Waals surface area contributed by atoms with E-state index in [2.05, 4.69) is 36.4 Å². The smallest absolute Gasteiger partial charge is 0.305 e. The van der Waals surface area contributed by atoms with Crippen molar-refractivity contribution in [1.82, 2.24) is 10.3 Å². The highest BCUT2D eigenvalue weighted by Gasteiger charge is 2.67. The summed E-state index contributed by atoms with van der Waals surface area (Å²) in [5.41, 5.74) is 1.72. The first-order chi connectivity index (χ1) is 23.8. The lowest BCUT2D eigenvalue weighted by atomic mass is 9.43. The summed E-state index contributed by atoms with van der Waals surface area (Å²) in [4.78, 5) is 41.8. The highest BCUT2D eigenvalue weighted by molar-refractivity contribution is 6.31. The first kappa shape index (κ1) is 36.9. The van der Waals surface area contributed by atoms with Gasteiger partial charge in [0.2, 0.25) is 0 Å². The number of hydrogen-bond donors (Lipinski definition) is 2. The maximum atomic E-state index is 12.7. The monoisotopic (exact) mass is 709 g/mol. The van der Waals surface area contributed by atoms with Crippen LogP contribution in [0.25, 0.3) is 10.9 Å². The van der Waals surface area contributed by atoms with Crippen molar-refractivity contribution in [3.05, 3.63) is 35.5 Å². The number of rotatable bonds is 11. The summed E-state index contributed by atoms with van der Waals surface area (Å²) in [7, 11) is 1.44. The highest BCUT2D eigenvalue weighted by atomic mass is 35.5. The number of aromatic nitrogens is 1. The molecule has 4 fully saturated rings. The Labute approximate surface area is 302 Å². The van der Waals surface area contributed by atoms with Gasteiger partial charge in [0, 0.05) is 73.0 Å². The van der Waals surface area contributed by atoms with Crippen molar-refractivity contribution in [1.29, 1.82) is 0 Å². The van der Waals surface area contributed by atoms with Gasteiger partial charge in [-0.05, 0) is 111 Å². The average Bonchev–Trinajstić information content (AvgIpc) is 3.43. The maximum absolute atomic E-state index is 12.7. The SMILES string of the molecule is COC(=O)CCC(C)[C@H]1CC[C@H]2[C@@H]3[C@H](OC(C)=O)C[C@@H]4C[C@@H](NCCNc5ccnc6cc(Cl)ccc56)CC[C@]4(C)[C@H]3C[C@H](OC(C)=O)[C@]12C. The van der Waals surface area contributed by atoms with Crippen molar-refractivity contribution in [2.75, 3.05) is 25.5 Å². The molecule has 2 N–H and O–H groups in total. The Morgan fingerprint density at radius 2 is 1.78 bits per heavy atom. The van der Waals surface area contributed by atoms with E-state index in [1.54, 1.807) is 0 Å². The summed E-state index contributed by atoms with van der Waals surface area (Å²) in [5, 5.41) is 9.15. The third-order valence-electron chi connectivity index (χ3n) is 13.7. The largest absolute Gasteiger partial charge is 0.469 e. The van der Waals surface area contributed by atoms with E-state index in [-0.39, 0.29) is 64.6 Å². The number of pyridine rings is 1. The van der Waals surface area contributed by atoms with Crippen molar-refractivity contribution in [2.24, 2.45) is 46.3 Å². The number of nitrogens with one attached hydrogen (secondary N) is 2. The standard InChI is InChI=1S/C40H56ClN3O6/c1-23(7-12-37(47)48-6)30-10-11-31-38-32(22-36(40(30,31)5)50-25(3)46)39(4)15-13-28(19-26(39)20-35(38)49-24(2)45)42-17-18-44-33-14-16-43-34-21-27(41)8-9-29(33)34/h8-9,14,16,21,23,26,28,30-32,35-36,38,42H,7,10-13,15,17-20,22H2,1-6H3,(H,43,44)/t23?,26-,28-,30+,31-,32-,35+,36-,38-,39-,40+/m0/s1. The molecular formula is C40H56ClN3O6. The van der Waals surface area contributed by atoms with Crippen LogP contribution >= 0.6 is 11.6 Å². The number of methoxy groups -OCH3 is 1. The van der Waals surface area contributed by atoms with E-state index in [0.29, 0.717) is 29.3 Å². The number of halogens is 1. The predicted molar refractivity (Wildman–Crippen MR) is 195 cm³/mol. The number of carbonyl (C=O) groups excluding carboxylic acids is 3. The van der Waals surface area contributed by atoms with Gasteiger partial charge in [0.15, 0.2) is 0 Å². The fourth-order valence-electron chi connectivity index (χ4n) is 11.4. The summed E-state index contributed by atoms with van der Waals surface area (Å²) in [6.45, 7) is 11.7. The van der Waals surface area contributed by atoms with Crippen molar-refractivity contribution >= 4 is 46.1 Å². The molecule has 50 heavy (non-hydrogen) atoms. The molecule has 1 aromatic heterocycles. The molecule has 274 valence electrons. The second-order valence-corrected chi connectivity index (χ2v) is 16.7. The van der Waals surface area contributed by atoms with E-state index < -0.39 is 0 Å². The first-order valence-corrected chi connectivity index (χ1v) is 19.2. The molecule has 11 atom stereocenters. The fraction of sp³-hybridized carbons (Fsp3) is 0.700.